The van der Waals surface area contributed by atoms with Gasteiger partial charge in [-0.3, -0.25) is 24.2 Å². The summed E-state index contributed by atoms with van der Waals surface area (Å²) in [5.74, 6) is -0.812. The molecule has 6 heteroatoms. The van der Waals surface area contributed by atoms with Crippen molar-refractivity contribution < 1.29 is 19.5 Å². The number of nitrogens with zero attached hydrogens (tertiary/aromatic N) is 2. The Balaban J connectivity index is 1.46. The zero-order valence-corrected chi connectivity index (χ0v) is 15.4. The first-order valence-electron chi connectivity index (χ1n) is 9.18. The lowest BCUT2D eigenvalue weighted by Crippen LogP contribution is -2.33. The highest BCUT2D eigenvalue weighted by Gasteiger charge is 2.36. The van der Waals surface area contributed by atoms with Crippen LogP contribution in [0.25, 0.3) is 0 Å². The molecule has 2 aliphatic rings. The highest BCUT2D eigenvalue weighted by Crippen LogP contribution is 2.27. The van der Waals surface area contributed by atoms with Crippen molar-refractivity contribution >= 4 is 29.1 Å². The smallest absolute Gasteiger partial charge is 0.253 e. The zero-order valence-electron chi connectivity index (χ0n) is 15.4. The molecule has 1 fully saturated rings. The first-order chi connectivity index (χ1) is 13.4. The van der Waals surface area contributed by atoms with Crippen molar-refractivity contribution in [3.8, 4) is 0 Å². The summed E-state index contributed by atoms with van der Waals surface area (Å²) in [7, 11) is 0. The maximum absolute atomic E-state index is 12.1. The van der Waals surface area contributed by atoms with E-state index in [2.05, 4.69) is 0 Å². The Morgan fingerprint density at radius 3 is 1.96 bits per heavy atom. The largest absolute Gasteiger partial charge is 0.369 e. The summed E-state index contributed by atoms with van der Waals surface area (Å²) in [6.45, 7) is 1.77. The van der Waals surface area contributed by atoms with Crippen LogP contribution in [0.3, 0.4) is 0 Å². The number of rotatable bonds is 4. The van der Waals surface area contributed by atoms with Gasteiger partial charge in [-0.2, -0.15) is 0 Å². The van der Waals surface area contributed by atoms with Crippen LogP contribution in [0.2, 0.25) is 0 Å². The van der Waals surface area contributed by atoms with Crippen molar-refractivity contribution in [2.45, 2.75) is 26.0 Å². The second kappa shape index (κ2) is 7.05. The van der Waals surface area contributed by atoms with Crippen molar-refractivity contribution in [2.24, 2.45) is 5.92 Å². The van der Waals surface area contributed by atoms with Crippen LogP contribution in [0, 0.1) is 5.92 Å². The van der Waals surface area contributed by atoms with Gasteiger partial charge in [0.2, 0.25) is 11.8 Å². The molecule has 2 atom stereocenters. The van der Waals surface area contributed by atoms with E-state index in [9.17, 15) is 19.5 Å². The summed E-state index contributed by atoms with van der Waals surface area (Å²) < 4.78 is 0. The summed E-state index contributed by atoms with van der Waals surface area (Å²) in [4.78, 5) is 38.5. The molecule has 28 heavy (non-hydrogen) atoms. The number of anilines is 2. The topological polar surface area (TPSA) is 77.9 Å². The number of carbonyl (C=O) groups is 3. The van der Waals surface area contributed by atoms with Crippen LogP contribution < -0.4 is 9.80 Å². The van der Waals surface area contributed by atoms with Gasteiger partial charge in [-0.05, 0) is 47.9 Å². The Kier molecular flexibility index (Phi) is 4.57. The van der Waals surface area contributed by atoms with Crippen LogP contribution in [0.5, 0.6) is 0 Å². The average Bonchev–Trinajstić information content (AvgIpc) is 3.14. The molecule has 2 aliphatic heterocycles. The molecule has 1 unspecified atom stereocenters. The van der Waals surface area contributed by atoms with Crippen molar-refractivity contribution in [1.29, 1.82) is 0 Å². The minimum absolute atomic E-state index is 0.151. The predicted molar refractivity (Wildman–Crippen MR) is 105 cm³/mol. The number of hydrogen-bond donors (Lipinski definition) is 1. The standard InChI is InChI=1S/C22H20N2O4/c1-14-12-21(27)24(22(14)28)18-8-4-16(5-9-18)13-15-2-6-17(7-3-15)23-19(25)10-11-20(23)26/h2-11,14,19,25H,12-13H2,1H3/t14?,19-/m0/s1. The normalized spacial score (nSPS) is 21.9. The Bertz CT molecular complexity index is 963. The Morgan fingerprint density at radius 2 is 1.50 bits per heavy atom. The van der Waals surface area contributed by atoms with Crippen LogP contribution in [0.4, 0.5) is 11.4 Å². The first kappa shape index (κ1) is 18.1. The summed E-state index contributed by atoms with van der Waals surface area (Å²) in [5.41, 5.74) is 3.34. The minimum atomic E-state index is -0.926. The van der Waals surface area contributed by atoms with Crippen LogP contribution >= 0.6 is 0 Å². The van der Waals surface area contributed by atoms with E-state index in [1.165, 1.54) is 22.0 Å². The van der Waals surface area contributed by atoms with Gasteiger partial charge >= 0.3 is 0 Å². The van der Waals surface area contributed by atoms with Crippen molar-refractivity contribution in [3.63, 3.8) is 0 Å². The molecule has 0 radical (unpaired) electrons. The molecule has 3 amide bonds. The lowest BCUT2D eigenvalue weighted by molar-refractivity contribution is -0.122. The molecule has 2 heterocycles. The Morgan fingerprint density at radius 1 is 0.929 bits per heavy atom. The van der Waals surface area contributed by atoms with E-state index in [-0.39, 0.29) is 30.1 Å². The third kappa shape index (κ3) is 3.23. The molecule has 0 aromatic heterocycles. The second-order valence-electron chi connectivity index (χ2n) is 7.16. The highest BCUT2D eigenvalue weighted by molar-refractivity contribution is 6.20. The van der Waals surface area contributed by atoms with Crippen molar-refractivity contribution in [1.82, 2.24) is 0 Å². The number of imide groups is 1. The van der Waals surface area contributed by atoms with E-state index in [4.69, 9.17) is 0 Å². The van der Waals surface area contributed by atoms with E-state index in [1.807, 2.05) is 24.3 Å². The van der Waals surface area contributed by atoms with Gasteiger partial charge in [0.15, 0.2) is 6.23 Å². The van der Waals surface area contributed by atoms with Crippen molar-refractivity contribution in [2.75, 3.05) is 9.80 Å². The van der Waals surface area contributed by atoms with Crippen LogP contribution in [0.1, 0.15) is 24.5 Å². The molecule has 2 aromatic carbocycles. The van der Waals surface area contributed by atoms with E-state index < -0.39 is 6.23 Å². The molecule has 1 N–H and O–H groups in total. The quantitative estimate of drug-likeness (QED) is 0.832. The number of amides is 3. The lowest BCUT2D eigenvalue weighted by Gasteiger charge is -2.20. The second-order valence-corrected chi connectivity index (χ2v) is 7.16. The molecular formula is C22H20N2O4. The fourth-order valence-corrected chi connectivity index (χ4v) is 3.57. The van der Waals surface area contributed by atoms with Crippen LogP contribution in [0.15, 0.2) is 60.7 Å². The molecule has 0 saturated carbocycles. The molecule has 0 aliphatic carbocycles. The van der Waals surface area contributed by atoms with E-state index >= 15 is 0 Å². The zero-order chi connectivity index (χ0) is 19.8. The summed E-state index contributed by atoms with van der Waals surface area (Å²) in [6, 6.07) is 14.8. The summed E-state index contributed by atoms with van der Waals surface area (Å²) in [6.07, 6.45) is 2.82. The van der Waals surface area contributed by atoms with Gasteiger partial charge in [-0.1, -0.05) is 31.2 Å². The molecule has 0 bridgehead atoms. The molecule has 4 rings (SSSR count). The predicted octanol–water partition coefficient (Wildman–Crippen LogP) is 2.40. The van der Waals surface area contributed by atoms with Crippen LogP contribution in [-0.2, 0) is 20.8 Å². The molecular weight excluding hydrogens is 356 g/mol. The van der Waals surface area contributed by atoms with Gasteiger partial charge in [0, 0.05) is 24.1 Å². The molecule has 6 nitrogen and oxygen atoms in total. The van der Waals surface area contributed by atoms with Gasteiger partial charge in [0.25, 0.3) is 5.91 Å². The van der Waals surface area contributed by atoms with Gasteiger partial charge in [0.1, 0.15) is 0 Å². The van der Waals surface area contributed by atoms with Crippen molar-refractivity contribution in [3.05, 3.63) is 71.8 Å². The number of aliphatic hydroxyl groups excluding tert-OH is 1. The third-order valence-electron chi connectivity index (χ3n) is 5.10. The first-order valence-corrected chi connectivity index (χ1v) is 9.18. The highest BCUT2D eigenvalue weighted by atomic mass is 16.3. The van der Waals surface area contributed by atoms with Gasteiger partial charge in [-0.25, -0.2) is 0 Å². The minimum Gasteiger partial charge on any atom is -0.369 e. The summed E-state index contributed by atoms with van der Waals surface area (Å²) >= 11 is 0. The molecule has 0 spiro atoms. The van der Waals surface area contributed by atoms with E-state index in [0.29, 0.717) is 17.8 Å². The Hall–Kier alpha value is -3.25. The van der Waals surface area contributed by atoms with Crippen LogP contribution in [-0.4, -0.2) is 29.1 Å². The monoisotopic (exact) mass is 376 g/mol. The fraction of sp³-hybridized carbons (Fsp3) is 0.227. The third-order valence-corrected chi connectivity index (χ3v) is 5.10. The van der Waals surface area contributed by atoms with Gasteiger partial charge in [-0.15, -0.1) is 0 Å². The number of hydrogen-bond acceptors (Lipinski definition) is 4. The van der Waals surface area contributed by atoms with E-state index in [0.717, 1.165) is 11.1 Å². The number of aliphatic hydroxyl groups is 1. The molecule has 142 valence electrons. The Labute approximate surface area is 162 Å². The molecule has 1 saturated heterocycles. The number of carbonyl (C=O) groups excluding carboxylic acids is 3. The lowest BCUT2D eigenvalue weighted by atomic mass is 10.0. The number of benzene rings is 2. The maximum Gasteiger partial charge on any atom is 0.253 e. The summed E-state index contributed by atoms with van der Waals surface area (Å²) in [5, 5.41) is 9.85. The van der Waals surface area contributed by atoms with Gasteiger partial charge < -0.3 is 5.11 Å². The average molecular weight is 376 g/mol. The fourth-order valence-electron chi connectivity index (χ4n) is 3.57. The van der Waals surface area contributed by atoms with Gasteiger partial charge in [0.05, 0.1) is 5.69 Å². The molecule has 2 aromatic rings. The SMILES string of the molecule is CC1CC(=O)N(c2ccc(Cc3ccc(N4C(=O)C=C[C@@H]4O)cc3)cc2)C1=O. The van der Waals surface area contributed by atoms with E-state index in [1.54, 1.807) is 31.2 Å². The maximum atomic E-state index is 12.1.